The van der Waals surface area contributed by atoms with Crippen molar-refractivity contribution in [3.05, 3.63) is 60.8 Å². The summed E-state index contributed by atoms with van der Waals surface area (Å²) >= 11 is 0. The highest BCUT2D eigenvalue weighted by Crippen LogP contribution is 2.17. The molecule has 5 heteroatoms. The van der Waals surface area contributed by atoms with Crippen molar-refractivity contribution in [1.29, 1.82) is 0 Å². The number of allylic oxidation sites excluding steroid dienone is 9. The minimum Gasteiger partial charge on any atom is -0.394 e. The van der Waals surface area contributed by atoms with E-state index in [0.29, 0.717) is 6.42 Å². The van der Waals surface area contributed by atoms with Crippen LogP contribution >= 0.6 is 0 Å². The lowest BCUT2D eigenvalue weighted by molar-refractivity contribution is -0.124. The Morgan fingerprint density at radius 1 is 0.388 bits per heavy atom. The molecule has 0 saturated carbocycles. The van der Waals surface area contributed by atoms with E-state index in [1.165, 1.54) is 231 Å². The molecule has 0 aliphatic heterocycles. The zero-order valence-corrected chi connectivity index (χ0v) is 44.8. The maximum Gasteiger partial charge on any atom is 0.222 e. The summed E-state index contributed by atoms with van der Waals surface area (Å²) in [6, 6.07) is -0.770. The number of aliphatic hydroxyl groups is 3. The van der Waals surface area contributed by atoms with E-state index in [4.69, 9.17) is 0 Å². The van der Waals surface area contributed by atoms with Gasteiger partial charge in [0.25, 0.3) is 0 Å². The van der Waals surface area contributed by atoms with Crippen LogP contribution in [0.15, 0.2) is 60.8 Å². The molecule has 0 heterocycles. The van der Waals surface area contributed by atoms with E-state index in [2.05, 4.69) is 67.8 Å². The van der Waals surface area contributed by atoms with E-state index in [1.54, 1.807) is 6.08 Å². The number of hydrogen-bond donors (Lipinski definition) is 4. The molecule has 0 fully saturated rings. The summed E-state index contributed by atoms with van der Waals surface area (Å²) < 4.78 is 0. The molecule has 0 bridgehead atoms. The van der Waals surface area contributed by atoms with Gasteiger partial charge in [-0.2, -0.15) is 0 Å². The minimum atomic E-state index is -0.963. The Balaban J connectivity index is 3.60. The fourth-order valence-corrected chi connectivity index (χ4v) is 8.99. The SMILES string of the molecule is CCCCCCCCCCC/C=C\C/C=C\CCCCCCCCCCCCCCCCCC(O)CC(=O)NC(CO)C(O)/C=C/CC/C=C/CC/C=C/CCCCCCCCCCCCC. The zero-order valence-electron chi connectivity index (χ0n) is 44.8. The van der Waals surface area contributed by atoms with Crippen LogP contribution in [0, 0.1) is 0 Å². The average Bonchev–Trinajstić information content (AvgIpc) is 3.32. The second kappa shape index (κ2) is 56.6. The number of carbonyl (C=O) groups excluding carboxylic acids is 1. The van der Waals surface area contributed by atoms with E-state index >= 15 is 0 Å². The normalized spacial score (nSPS) is 13.7. The average molecular weight is 939 g/mol. The predicted octanol–water partition coefficient (Wildman–Crippen LogP) is 18.6. The lowest BCUT2D eigenvalue weighted by Crippen LogP contribution is -2.45. The molecule has 0 saturated heterocycles. The summed E-state index contributed by atoms with van der Waals surface area (Å²) in [7, 11) is 0. The van der Waals surface area contributed by atoms with Crippen LogP contribution in [0.5, 0.6) is 0 Å². The van der Waals surface area contributed by atoms with Gasteiger partial charge in [0.2, 0.25) is 5.91 Å². The van der Waals surface area contributed by atoms with Crippen molar-refractivity contribution in [2.24, 2.45) is 0 Å². The minimum absolute atomic E-state index is 0.00162. The van der Waals surface area contributed by atoms with E-state index in [9.17, 15) is 20.1 Å². The van der Waals surface area contributed by atoms with E-state index in [1.807, 2.05) is 6.08 Å². The summed E-state index contributed by atoms with van der Waals surface area (Å²) in [5.41, 5.74) is 0. The van der Waals surface area contributed by atoms with Gasteiger partial charge < -0.3 is 20.6 Å². The quantitative estimate of drug-likeness (QED) is 0.0361. The molecule has 4 N–H and O–H groups in total. The number of unbranched alkanes of at least 4 members (excludes halogenated alkanes) is 37. The second-order valence-electron chi connectivity index (χ2n) is 20.2. The Kier molecular flexibility index (Phi) is 55.0. The lowest BCUT2D eigenvalue weighted by atomic mass is 10.0. The van der Waals surface area contributed by atoms with Gasteiger partial charge in [0.05, 0.1) is 31.3 Å². The molecular formula is C62H115NO4. The molecule has 0 spiro atoms. The van der Waals surface area contributed by atoms with Gasteiger partial charge in [0.15, 0.2) is 0 Å². The fourth-order valence-electron chi connectivity index (χ4n) is 8.99. The summed E-state index contributed by atoms with van der Waals surface area (Å²) in [6.07, 6.45) is 77.1. The Morgan fingerprint density at radius 3 is 1.04 bits per heavy atom. The van der Waals surface area contributed by atoms with Crippen LogP contribution in [0.4, 0.5) is 0 Å². The standard InChI is InChI=1S/C62H115NO4/c1-3-5-7-9-11-13-15-17-19-21-23-25-26-27-28-29-30-31-32-33-34-36-37-39-41-43-45-47-49-51-53-55-59(65)57-62(67)63-60(58-64)61(66)56-54-52-50-48-46-44-42-40-38-35-24-22-20-18-16-14-12-10-8-6-4-2/h23,25,27-28,38,40,46,48,54,56,59-61,64-66H,3-22,24,26,29-37,39,41-45,47,49-53,55,57-58H2,1-2H3,(H,63,67)/b25-23-,28-27-,40-38+,48-46+,56-54+. The van der Waals surface area contributed by atoms with Crippen molar-refractivity contribution >= 4 is 5.91 Å². The van der Waals surface area contributed by atoms with Gasteiger partial charge in [-0.25, -0.2) is 0 Å². The van der Waals surface area contributed by atoms with Crippen LogP contribution in [0.2, 0.25) is 0 Å². The Hall–Kier alpha value is -1.95. The summed E-state index contributed by atoms with van der Waals surface area (Å²) in [5, 5.41) is 33.4. The van der Waals surface area contributed by atoms with Crippen molar-refractivity contribution in [1.82, 2.24) is 5.32 Å². The largest absolute Gasteiger partial charge is 0.394 e. The molecule has 3 atom stereocenters. The maximum absolute atomic E-state index is 12.5. The molecular weight excluding hydrogens is 823 g/mol. The Labute approximate surface area is 418 Å². The maximum atomic E-state index is 12.5. The van der Waals surface area contributed by atoms with Crippen LogP contribution < -0.4 is 5.32 Å². The van der Waals surface area contributed by atoms with Crippen molar-refractivity contribution in [2.45, 2.75) is 321 Å². The van der Waals surface area contributed by atoms with E-state index in [-0.39, 0.29) is 18.9 Å². The van der Waals surface area contributed by atoms with Gasteiger partial charge >= 0.3 is 0 Å². The van der Waals surface area contributed by atoms with Crippen LogP contribution in [0.1, 0.15) is 303 Å². The second-order valence-corrected chi connectivity index (χ2v) is 20.2. The molecule has 0 radical (unpaired) electrons. The van der Waals surface area contributed by atoms with Gasteiger partial charge in [-0.05, 0) is 77.0 Å². The van der Waals surface area contributed by atoms with Crippen molar-refractivity contribution in [2.75, 3.05) is 6.61 Å². The highest BCUT2D eigenvalue weighted by atomic mass is 16.3. The number of amides is 1. The van der Waals surface area contributed by atoms with E-state index in [0.717, 1.165) is 44.9 Å². The van der Waals surface area contributed by atoms with Gasteiger partial charge in [0.1, 0.15) is 0 Å². The smallest absolute Gasteiger partial charge is 0.222 e. The number of hydrogen-bond acceptors (Lipinski definition) is 4. The third kappa shape index (κ3) is 53.3. The number of carbonyl (C=O) groups is 1. The molecule has 0 aliphatic rings. The summed E-state index contributed by atoms with van der Waals surface area (Å²) in [4.78, 5) is 12.5. The highest BCUT2D eigenvalue weighted by molar-refractivity contribution is 5.76. The molecule has 0 aliphatic carbocycles. The van der Waals surface area contributed by atoms with Crippen molar-refractivity contribution in [3.63, 3.8) is 0 Å². The van der Waals surface area contributed by atoms with Gasteiger partial charge in [-0.15, -0.1) is 0 Å². The first-order chi connectivity index (χ1) is 33.0. The zero-order chi connectivity index (χ0) is 48.6. The first kappa shape index (κ1) is 65.0. The van der Waals surface area contributed by atoms with E-state index < -0.39 is 18.2 Å². The lowest BCUT2D eigenvalue weighted by Gasteiger charge is -2.21. The predicted molar refractivity (Wildman–Crippen MR) is 296 cm³/mol. The summed E-state index contributed by atoms with van der Waals surface area (Å²) in [5.74, 6) is -0.327. The molecule has 67 heavy (non-hydrogen) atoms. The highest BCUT2D eigenvalue weighted by Gasteiger charge is 2.20. The fraction of sp³-hybridized carbons (Fsp3) is 0.823. The molecule has 3 unspecified atom stereocenters. The molecule has 5 nitrogen and oxygen atoms in total. The van der Waals surface area contributed by atoms with Crippen molar-refractivity contribution in [3.8, 4) is 0 Å². The third-order valence-corrected chi connectivity index (χ3v) is 13.5. The monoisotopic (exact) mass is 938 g/mol. The van der Waals surface area contributed by atoms with Gasteiger partial charge in [-0.3, -0.25) is 4.79 Å². The topological polar surface area (TPSA) is 89.8 Å². The van der Waals surface area contributed by atoms with Crippen molar-refractivity contribution < 1.29 is 20.1 Å². The Bertz CT molecular complexity index is 1130. The Morgan fingerprint density at radius 2 is 0.687 bits per heavy atom. The molecule has 392 valence electrons. The number of rotatable bonds is 54. The van der Waals surface area contributed by atoms with Crippen LogP contribution in [0.25, 0.3) is 0 Å². The molecule has 0 aromatic carbocycles. The number of aliphatic hydroxyl groups excluding tert-OH is 3. The van der Waals surface area contributed by atoms with Gasteiger partial charge in [-0.1, -0.05) is 280 Å². The molecule has 0 aromatic rings. The van der Waals surface area contributed by atoms with Gasteiger partial charge in [0, 0.05) is 0 Å². The molecule has 0 rings (SSSR count). The van der Waals surface area contributed by atoms with Crippen LogP contribution in [0.3, 0.4) is 0 Å². The number of nitrogens with one attached hydrogen (secondary N) is 1. The first-order valence-electron chi connectivity index (χ1n) is 29.6. The molecule has 0 aromatic heterocycles. The molecule has 1 amide bonds. The first-order valence-corrected chi connectivity index (χ1v) is 29.6. The van der Waals surface area contributed by atoms with Crippen LogP contribution in [-0.2, 0) is 4.79 Å². The third-order valence-electron chi connectivity index (χ3n) is 13.5. The summed E-state index contributed by atoms with van der Waals surface area (Å²) in [6.45, 7) is 4.22. The van der Waals surface area contributed by atoms with Crippen LogP contribution in [-0.4, -0.2) is 46.1 Å².